The minimum atomic E-state index is -0.990. The average Bonchev–Trinajstić information content (AvgIpc) is 2.88. The number of hydrogen-bond acceptors (Lipinski definition) is 6. The van der Waals surface area contributed by atoms with Gasteiger partial charge in [0.15, 0.2) is 0 Å². The first-order valence-corrected chi connectivity index (χ1v) is 14.3. The van der Waals surface area contributed by atoms with Crippen LogP contribution in [-0.2, 0) is 19.1 Å². The Morgan fingerprint density at radius 1 is 0.622 bits per heavy atom. The number of esters is 2. The number of carbonyl (C=O) groups excluding carboxylic acids is 2. The van der Waals surface area contributed by atoms with Crippen LogP contribution in [0.15, 0.2) is 48.6 Å². The highest BCUT2D eigenvalue weighted by Gasteiger charge is 2.11. The summed E-state index contributed by atoms with van der Waals surface area (Å²) in [6.07, 6.45) is 28.2. The summed E-state index contributed by atoms with van der Waals surface area (Å²) in [6, 6.07) is 0. The van der Waals surface area contributed by atoms with E-state index in [2.05, 4.69) is 56.4 Å². The Kier molecular flexibility index (Phi) is 25.3. The molecular weight excluding hydrogens is 468 g/mol. The Morgan fingerprint density at radius 3 is 1.70 bits per heavy atom. The number of unbranched alkanes of at least 4 members (excludes halogenated alkanes) is 5. The molecule has 6 nitrogen and oxygen atoms in total. The molecule has 6 heteroatoms. The van der Waals surface area contributed by atoms with E-state index < -0.39 is 6.10 Å². The van der Waals surface area contributed by atoms with E-state index in [4.69, 9.17) is 9.47 Å². The van der Waals surface area contributed by atoms with Gasteiger partial charge in [-0.05, 0) is 51.4 Å². The van der Waals surface area contributed by atoms with E-state index >= 15 is 0 Å². The summed E-state index contributed by atoms with van der Waals surface area (Å²) in [4.78, 5) is 23.4. The van der Waals surface area contributed by atoms with Crippen molar-refractivity contribution >= 4 is 11.9 Å². The van der Waals surface area contributed by atoms with Crippen molar-refractivity contribution < 1.29 is 29.3 Å². The number of hydrogen-bond donors (Lipinski definition) is 2. The molecule has 2 atom stereocenters. The Labute approximate surface area is 225 Å². The fourth-order valence-electron chi connectivity index (χ4n) is 3.44. The zero-order valence-corrected chi connectivity index (χ0v) is 23.3. The van der Waals surface area contributed by atoms with Crippen LogP contribution < -0.4 is 0 Å². The predicted octanol–water partition coefficient (Wildman–Crippen LogP) is 6.91. The van der Waals surface area contributed by atoms with E-state index in [0.717, 1.165) is 70.6 Å². The van der Waals surface area contributed by atoms with E-state index in [1.54, 1.807) is 0 Å². The second-order valence-corrected chi connectivity index (χ2v) is 9.35. The fraction of sp³-hybridized carbons (Fsp3) is 0.677. The SMILES string of the molecule is CCCCCCCC(=O)OC[C@H](O)COC(=O)CCC/C=C\C/C=C\C/C=C\C/C=C\CC(O)CCC. The van der Waals surface area contributed by atoms with Gasteiger partial charge in [-0.2, -0.15) is 0 Å². The molecule has 212 valence electrons. The summed E-state index contributed by atoms with van der Waals surface area (Å²) >= 11 is 0. The summed E-state index contributed by atoms with van der Waals surface area (Å²) in [5.41, 5.74) is 0. The highest BCUT2D eigenvalue weighted by Crippen LogP contribution is 2.06. The monoisotopic (exact) mass is 520 g/mol. The highest BCUT2D eigenvalue weighted by atomic mass is 16.6. The van der Waals surface area contributed by atoms with Crippen LogP contribution in [-0.4, -0.2) is 47.6 Å². The number of aliphatic hydroxyl groups excluding tert-OH is 2. The molecule has 37 heavy (non-hydrogen) atoms. The molecule has 0 rings (SSSR count). The molecule has 0 fully saturated rings. The largest absolute Gasteiger partial charge is 0.463 e. The molecule has 2 N–H and O–H groups in total. The Balaban J connectivity index is 3.65. The molecule has 1 unspecified atom stereocenters. The van der Waals surface area contributed by atoms with Gasteiger partial charge in [0.25, 0.3) is 0 Å². The van der Waals surface area contributed by atoms with E-state index in [1.807, 2.05) is 6.08 Å². The van der Waals surface area contributed by atoms with Crippen LogP contribution in [0.4, 0.5) is 0 Å². The molecule has 0 aromatic heterocycles. The predicted molar refractivity (Wildman–Crippen MR) is 151 cm³/mol. The van der Waals surface area contributed by atoms with Crippen molar-refractivity contribution in [2.24, 2.45) is 0 Å². The molecule has 0 aromatic rings. The van der Waals surface area contributed by atoms with Crippen LogP contribution in [0.1, 0.15) is 110 Å². The third-order valence-corrected chi connectivity index (χ3v) is 5.62. The van der Waals surface area contributed by atoms with Gasteiger partial charge in [0, 0.05) is 12.8 Å². The second-order valence-electron chi connectivity index (χ2n) is 9.35. The van der Waals surface area contributed by atoms with Crippen molar-refractivity contribution in [1.29, 1.82) is 0 Å². The van der Waals surface area contributed by atoms with Crippen LogP contribution >= 0.6 is 0 Å². The number of ether oxygens (including phenoxy) is 2. The quantitative estimate of drug-likeness (QED) is 0.0816. The third-order valence-electron chi connectivity index (χ3n) is 5.62. The fourth-order valence-corrected chi connectivity index (χ4v) is 3.44. The minimum Gasteiger partial charge on any atom is -0.463 e. The summed E-state index contributed by atoms with van der Waals surface area (Å²) in [5, 5.41) is 19.5. The van der Waals surface area contributed by atoms with Gasteiger partial charge in [-0.25, -0.2) is 0 Å². The zero-order chi connectivity index (χ0) is 27.4. The van der Waals surface area contributed by atoms with Gasteiger partial charge in [0.2, 0.25) is 0 Å². The van der Waals surface area contributed by atoms with Crippen molar-refractivity contribution in [3.8, 4) is 0 Å². The molecule has 0 heterocycles. The smallest absolute Gasteiger partial charge is 0.305 e. The molecule has 0 aliphatic rings. The van der Waals surface area contributed by atoms with E-state index in [0.29, 0.717) is 19.3 Å². The molecule has 0 bridgehead atoms. The Hall–Kier alpha value is -2.18. The molecule has 0 amide bonds. The lowest BCUT2D eigenvalue weighted by Gasteiger charge is -2.12. The molecule has 0 aliphatic carbocycles. The van der Waals surface area contributed by atoms with Crippen molar-refractivity contribution in [2.75, 3.05) is 13.2 Å². The van der Waals surface area contributed by atoms with Crippen LogP contribution in [0.3, 0.4) is 0 Å². The van der Waals surface area contributed by atoms with Gasteiger partial charge >= 0.3 is 11.9 Å². The molecule has 0 saturated heterocycles. The zero-order valence-electron chi connectivity index (χ0n) is 23.3. The normalized spacial score (nSPS) is 13.7. The summed E-state index contributed by atoms with van der Waals surface area (Å²) in [7, 11) is 0. The van der Waals surface area contributed by atoms with E-state index in [-0.39, 0.29) is 31.3 Å². The molecular formula is C31H52O6. The van der Waals surface area contributed by atoms with E-state index in [1.165, 1.54) is 6.42 Å². The second kappa shape index (κ2) is 26.9. The summed E-state index contributed by atoms with van der Waals surface area (Å²) in [6.45, 7) is 3.92. The first-order valence-electron chi connectivity index (χ1n) is 14.3. The lowest BCUT2D eigenvalue weighted by Crippen LogP contribution is -2.25. The Morgan fingerprint density at radius 2 is 1.14 bits per heavy atom. The maximum absolute atomic E-state index is 11.8. The average molecular weight is 521 g/mol. The van der Waals surface area contributed by atoms with Gasteiger partial charge in [-0.3, -0.25) is 9.59 Å². The number of carbonyl (C=O) groups is 2. The van der Waals surface area contributed by atoms with Crippen molar-refractivity contribution in [3.63, 3.8) is 0 Å². The number of rotatable bonds is 24. The number of allylic oxidation sites excluding steroid dienone is 7. The van der Waals surface area contributed by atoms with Gasteiger partial charge in [-0.15, -0.1) is 0 Å². The molecule has 0 spiro atoms. The first kappa shape index (κ1) is 34.8. The summed E-state index contributed by atoms with van der Waals surface area (Å²) in [5.74, 6) is -0.670. The molecule has 0 radical (unpaired) electrons. The maximum atomic E-state index is 11.8. The van der Waals surface area contributed by atoms with Crippen LogP contribution in [0, 0.1) is 0 Å². The van der Waals surface area contributed by atoms with Crippen molar-refractivity contribution in [2.45, 2.75) is 122 Å². The highest BCUT2D eigenvalue weighted by molar-refractivity contribution is 5.69. The van der Waals surface area contributed by atoms with Gasteiger partial charge < -0.3 is 19.7 Å². The van der Waals surface area contributed by atoms with Gasteiger partial charge in [0.05, 0.1) is 6.10 Å². The third kappa shape index (κ3) is 26.7. The minimum absolute atomic E-state index is 0.145. The summed E-state index contributed by atoms with van der Waals surface area (Å²) < 4.78 is 10.1. The molecule has 0 saturated carbocycles. The van der Waals surface area contributed by atoms with Crippen molar-refractivity contribution in [1.82, 2.24) is 0 Å². The van der Waals surface area contributed by atoms with Crippen LogP contribution in [0.5, 0.6) is 0 Å². The maximum Gasteiger partial charge on any atom is 0.305 e. The standard InChI is InChI=1S/C31H52O6/c1-3-5-6-16-20-24-30(34)36-26-29(33)27-37-31(35)25-21-18-15-13-11-9-7-8-10-12-14-17-19-23-28(32)22-4-2/h7,9-10,12-13,15,17,19,28-29,32-33H,3-6,8,11,14,16,18,20-27H2,1-2H3/b9-7-,12-10-,15-13-,19-17-/t28?,29-/m0/s1. The van der Waals surface area contributed by atoms with Crippen LogP contribution in [0.25, 0.3) is 0 Å². The van der Waals surface area contributed by atoms with Gasteiger partial charge in [-0.1, -0.05) is 94.6 Å². The number of aliphatic hydroxyl groups is 2. The Bertz CT molecular complexity index is 665. The van der Waals surface area contributed by atoms with Gasteiger partial charge in [0.1, 0.15) is 19.3 Å². The van der Waals surface area contributed by atoms with Crippen LogP contribution in [0.2, 0.25) is 0 Å². The molecule has 0 aliphatic heterocycles. The lowest BCUT2D eigenvalue weighted by atomic mass is 10.1. The topological polar surface area (TPSA) is 93.1 Å². The first-order chi connectivity index (χ1) is 18.0. The lowest BCUT2D eigenvalue weighted by molar-refractivity contribution is -0.152. The van der Waals surface area contributed by atoms with Crippen molar-refractivity contribution in [3.05, 3.63) is 48.6 Å². The molecule has 0 aromatic carbocycles. The van der Waals surface area contributed by atoms with E-state index in [9.17, 15) is 19.8 Å².